The number of aryl methyl sites for hydroxylation is 2. The highest BCUT2D eigenvalue weighted by atomic mass is 19.1. The second kappa shape index (κ2) is 11.5. The molecule has 0 aliphatic heterocycles. The Balaban J connectivity index is 1.57. The molecule has 3 heteroatoms. The molecule has 0 amide bonds. The lowest BCUT2D eigenvalue weighted by atomic mass is 9.95. The van der Waals surface area contributed by atoms with E-state index in [2.05, 4.69) is 50.0 Å². The van der Waals surface area contributed by atoms with E-state index in [9.17, 15) is 8.78 Å². The Labute approximate surface area is 212 Å². The van der Waals surface area contributed by atoms with Crippen LogP contribution in [0.25, 0.3) is 22.3 Å². The van der Waals surface area contributed by atoms with Gasteiger partial charge in [0, 0.05) is 16.7 Å². The molecule has 0 bridgehead atoms. The topological polar surface area (TPSA) is 23.8 Å². The van der Waals surface area contributed by atoms with Crippen molar-refractivity contribution in [2.45, 2.75) is 39.5 Å². The van der Waals surface area contributed by atoms with Gasteiger partial charge in [0.05, 0.1) is 5.56 Å². The molecular formula is C33H27F2N. The zero-order valence-electron chi connectivity index (χ0n) is 20.5. The average Bonchev–Trinajstić information content (AvgIpc) is 2.91. The summed E-state index contributed by atoms with van der Waals surface area (Å²) in [7, 11) is 0. The first kappa shape index (κ1) is 24.9. The van der Waals surface area contributed by atoms with Crippen LogP contribution in [0.4, 0.5) is 8.78 Å². The maximum atomic E-state index is 15.0. The van der Waals surface area contributed by atoms with Gasteiger partial charge < -0.3 is 0 Å². The third-order valence-electron chi connectivity index (χ3n) is 6.30. The van der Waals surface area contributed by atoms with Crippen LogP contribution in [0.5, 0.6) is 0 Å². The van der Waals surface area contributed by atoms with Crippen LogP contribution < -0.4 is 0 Å². The van der Waals surface area contributed by atoms with Gasteiger partial charge in [-0.25, -0.2) is 8.78 Å². The van der Waals surface area contributed by atoms with Crippen LogP contribution in [-0.4, -0.2) is 0 Å². The zero-order chi connectivity index (χ0) is 25.5. The van der Waals surface area contributed by atoms with Gasteiger partial charge in [-0.2, -0.15) is 5.26 Å². The Hall–Kier alpha value is -4.21. The molecule has 0 atom stereocenters. The van der Waals surface area contributed by atoms with Gasteiger partial charge in [0.25, 0.3) is 0 Å². The Morgan fingerprint density at radius 3 is 2.03 bits per heavy atom. The first-order valence-electron chi connectivity index (χ1n) is 12.3. The molecule has 178 valence electrons. The van der Waals surface area contributed by atoms with Crippen molar-refractivity contribution in [3.05, 3.63) is 118 Å². The lowest BCUT2D eigenvalue weighted by molar-refractivity contribution is 0.622. The Bertz CT molecular complexity index is 1480. The number of rotatable bonds is 6. The number of halogens is 2. The smallest absolute Gasteiger partial charge is 0.141 e. The molecule has 0 heterocycles. The summed E-state index contributed by atoms with van der Waals surface area (Å²) >= 11 is 0. The number of unbranched alkanes of at least 4 members (excludes halogenated alkanes) is 1. The van der Waals surface area contributed by atoms with E-state index >= 15 is 0 Å². The number of hydrogen-bond donors (Lipinski definition) is 0. The quantitative estimate of drug-likeness (QED) is 0.257. The first-order chi connectivity index (χ1) is 17.5. The molecule has 0 aromatic heterocycles. The molecule has 0 aliphatic carbocycles. The van der Waals surface area contributed by atoms with E-state index in [0.717, 1.165) is 40.7 Å². The van der Waals surface area contributed by atoms with Gasteiger partial charge in [0.1, 0.15) is 17.7 Å². The lowest BCUT2D eigenvalue weighted by Gasteiger charge is -2.10. The van der Waals surface area contributed by atoms with E-state index in [1.165, 1.54) is 36.6 Å². The lowest BCUT2D eigenvalue weighted by Crippen LogP contribution is -1.92. The molecule has 4 aromatic rings. The minimum atomic E-state index is -0.657. The fourth-order valence-electron chi connectivity index (χ4n) is 4.16. The zero-order valence-corrected chi connectivity index (χ0v) is 20.5. The molecule has 4 rings (SSSR count). The van der Waals surface area contributed by atoms with Crippen molar-refractivity contribution in [2.24, 2.45) is 0 Å². The van der Waals surface area contributed by atoms with Crippen molar-refractivity contribution in [3.63, 3.8) is 0 Å². The van der Waals surface area contributed by atoms with Crippen molar-refractivity contribution in [2.75, 3.05) is 0 Å². The van der Waals surface area contributed by atoms with Crippen LogP contribution in [0.15, 0.2) is 78.9 Å². The summed E-state index contributed by atoms with van der Waals surface area (Å²) in [5.74, 6) is 5.46. The summed E-state index contributed by atoms with van der Waals surface area (Å²) in [6.07, 6.45) is 4.28. The van der Waals surface area contributed by atoms with Crippen molar-refractivity contribution in [3.8, 4) is 40.2 Å². The van der Waals surface area contributed by atoms with Crippen molar-refractivity contribution in [1.82, 2.24) is 0 Å². The highest BCUT2D eigenvalue weighted by Gasteiger charge is 2.11. The molecule has 36 heavy (non-hydrogen) atoms. The van der Waals surface area contributed by atoms with E-state index in [4.69, 9.17) is 5.26 Å². The minimum Gasteiger partial charge on any atom is -0.206 e. The van der Waals surface area contributed by atoms with Crippen LogP contribution in [0.1, 0.15) is 54.5 Å². The van der Waals surface area contributed by atoms with Crippen molar-refractivity contribution in [1.29, 1.82) is 5.26 Å². The SMILES string of the molecule is CCCCc1ccc(C#Cc2ccc(-c3ccc(-c4ccc(C#N)c(F)c4)c(F)c3)cc2CC)cc1. The van der Waals surface area contributed by atoms with Crippen LogP contribution in [0.2, 0.25) is 0 Å². The summed E-state index contributed by atoms with van der Waals surface area (Å²) in [6.45, 7) is 4.28. The van der Waals surface area contributed by atoms with Crippen LogP contribution >= 0.6 is 0 Å². The first-order valence-corrected chi connectivity index (χ1v) is 12.3. The number of nitrogens with zero attached hydrogens (tertiary/aromatic N) is 1. The Kier molecular flexibility index (Phi) is 7.94. The predicted octanol–water partition coefficient (Wildman–Crippen LogP) is 8.48. The second-order valence-corrected chi connectivity index (χ2v) is 8.78. The van der Waals surface area contributed by atoms with Crippen LogP contribution in [-0.2, 0) is 12.8 Å². The molecule has 0 saturated heterocycles. The summed E-state index contributed by atoms with van der Waals surface area (Å²) in [5.41, 5.74) is 6.64. The molecule has 0 spiro atoms. The van der Waals surface area contributed by atoms with Crippen LogP contribution in [0, 0.1) is 34.8 Å². The average molecular weight is 476 g/mol. The number of benzene rings is 4. The maximum absolute atomic E-state index is 15.0. The highest BCUT2D eigenvalue weighted by Crippen LogP contribution is 2.30. The van der Waals surface area contributed by atoms with Gasteiger partial charge in [-0.3, -0.25) is 0 Å². The predicted molar refractivity (Wildman–Crippen MR) is 142 cm³/mol. The second-order valence-electron chi connectivity index (χ2n) is 8.78. The third kappa shape index (κ3) is 5.70. The number of hydrogen-bond acceptors (Lipinski definition) is 1. The Morgan fingerprint density at radius 1 is 0.694 bits per heavy atom. The third-order valence-corrected chi connectivity index (χ3v) is 6.30. The fraction of sp³-hybridized carbons (Fsp3) is 0.182. The molecule has 0 unspecified atom stereocenters. The minimum absolute atomic E-state index is 0.0601. The summed E-state index contributed by atoms with van der Waals surface area (Å²) in [6, 6.07) is 25.3. The molecule has 0 radical (unpaired) electrons. The molecule has 1 nitrogen and oxygen atoms in total. The van der Waals surface area contributed by atoms with Crippen LogP contribution in [0.3, 0.4) is 0 Å². The normalized spacial score (nSPS) is 10.4. The summed E-state index contributed by atoms with van der Waals surface area (Å²) < 4.78 is 29.0. The highest BCUT2D eigenvalue weighted by molar-refractivity contribution is 5.72. The van der Waals surface area contributed by atoms with E-state index in [1.807, 2.05) is 24.3 Å². The van der Waals surface area contributed by atoms with E-state index in [1.54, 1.807) is 18.2 Å². The van der Waals surface area contributed by atoms with E-state index in [-0.39, 0.29) is 5.56 Å². The molecule has 0 fully saturated rings. The molecular weight excluding hydrogens is 448 g/mol. The standard InChI is InChI=1S/C33H27F2N/c1-3-5-6-23-7-9-24(10-8-23)11-12-26-13-14-27(19-25(26)4-2)28-17-18-31(33(35)20-28)29-15-16-30(22-36)32(34)21-29/h7-10,13-21H,3-6H2,1-2H3. The van der Waals surface area contributed by atoms with E-state index < -0.39 is 11.6 Å². The van der Waals surface area contributed by atoms with Crippen molar-refractivity contribution < 1.29 is 8.78 Å². The van der Waals surface area contributed by atoms with Gasteiger partial charge >= 0.3 is 0 Å². The molecule has 0 N–H and O–H groups in total. The fourth-order valence-corrected chi connectivity index (χ4v) is 4.16. The van der Waals surface area contributed by atoms with E-state index in [0.29, 0.717) is 11.1 Å². The molecule has 0 saturated carbocycles. The monoisotopic (exact) mass is 475 g/mol. The molecule has 0 aliphatic rings. The van der Waals surface area contributed by atoms with Crippen molar-refractivity contribution >= 4 is 0 Å². The Morgan fingerprint density at radius 2 is 1.36 bits per heavy atom. The van der Waals surface area contributed by atoms with Gasteiger partial charge in [0.2, 0.25) is 0 Å². The van der Waals surface area contributed by atoms with Gasteiger partial charge in [-0.15, -0.1) is 0 Å². The number of nitriles is 1. The largest absolute Gasteiger partial charge is 0.206 e. The summed E-state index contributed by atoms with van der Waals surface area (Å²) in [5, 5.41) is 8.91. The van der Waals surface area contributed by atoms with Gasteiger partial charge in [-0.05, 0) is 89.5 Å². The summed E-state index contributed by atoms with van der Waals surface area (Å²) in [4.78, 5) is 0. The van der Waals surface area contributed by atoms with Gasteiger partial charge in [-0.1, -0.05) is 68.5 Å². The van der Waals surface area contributed by atoms with Gasteiger partial charge in [0.15, 0.2) is 0 Å². The maximum Gasteiger partial charge on any atom is 0.141 e. The molecule has 4 aromatic carbocycles.